The monoisotopic (exact) mass is 905 g/mol. The smallest absolute Gasteiger partial charge is 0.306 e. The lowest BCUT2D eigenvalue weighted by atomic mass is 10.1. The third-order valence-corrected chi connectivity index (χ3v) is 11.4. The van der Waals surface area contributed by atoms with E-state index in [4.69, 9.17) is 14.2 Å². The van der Waals surface area contributed by atoms with Crippen molar-refractivity contribution in [3.05, 3.63) is 85.1 Å². The van der Waals surface area contributed by atoms with Crippen molar-refractivity contribution in [2.45, 2.75) is 258 Å². The number of ether oxygens (including phenoxy) is 3. The first-order valence-electron chi connectivity index (χ1n) is 27.1. The third-order valence-electron chi connectivity index (χ3n) is 11.4. The third kappa shape index (κ3) is 51.4. The Morgan fingerprint density at radius 3 is 0.985 bits per heavy atom. The van der Waals surface area contributed by atoms with E-state index >= 15 is 0 Å². The van der Waals surface area contributed by atoms with Crippen LogP contribution in [-0.4, -0.2) is 37.2 Å². The van der Waals surface area contributed by atoms with Gasteiger partial charge in [0.05, 0.1) is 0 Å². The summed E-state index contributed by atoms with van der Waals surface area (Å²) >= 11 is 0. The van der Waals surface area contributed by atoms with Gasteiger partial charge in [0, 0.05) is 19.3 Å². The molecule has 0 aliphatic rings. The zero-order chi connectivity index (χ0) is 47.2. The van der Waals surface area contributed by atoms with E-state index in [0.717, 1.165) is 109 Å². The molecular weight excluding hydrogens is 805 g/mol. The number of esters is 3. The van der Waals surface area contributed by atoms with Crippen molar-refractivity contribution in [3.63, 3.8) is 0 Å². The highest BCUT2D eigenvalue weighted by Crippen LogP contribution is 2.14. The number of hydrogen-bond acceptors (Lipinski definition) is 6. The standard InChI is InChI=1S/C59H100O6/c1-4-7-10-13-16-19-22-24-26-28-29-31-33-35-38-40-43-46-49-52-58(61)64-55-56(65-59(62)53-50-47-44-41-36-21-18-15-12-9-6-3)54-63-57(60)51-48-45-42-39-37-34-32-30-27-25-23-20-17-14-11-8-5-2/h7,10,16-17,19-20,24-27,29,31,35,38,56H,4-6,8-9,11-15,18,21-23,28,30,32-34,36-37,39-55H2,1-3H3/b10-7-,19-16-,20-17-,26-24-,27-25-,31-29-,38-35-/t56-/m0/s1. The summed E-state index contributed by atoms with van der Waals surface area (Å²) in [6.45, 7) is 6.46. The first-order valence-corrected chi connectivity index (χ1v) is 27.1. The lowest BCUT2D eigenvalue weighted by Crippen LogP contribution is -2.30. The van der Waals surface area contributed by atoms with Gasteiger partial charge in [-0.25, -0.2) is 0 Å². The van der Waals surface area contributed by atoms with Crippen LogP contribution < -0.4 is 0 Å². The summed E-state index contributed by atoms with van der Waals surface area (Å²) in [6.07, 6.45) is 68.5. The first-order chi connectivity index (χ1) is 32.0. The fraction of sp³-hybridized carbons (Fsp3) is 0.712. The van der Waals surface area contributed by atoms with Gasteiger partial charge in [-0.15, -0.1) is 0 Å². The Morgan fingerprint density at radius 1 is 0.323 bits per heavy atom. The molecule has 0 bridgehead atoms. The maximum Gasteiger partial charge on any atom is 0.306 e. The molecule has 0 aromatic rings. The van der Waals surface area contributed by atoms with Gasteiger partial charge in [0.1, 0.15) is 13.2 Å². The molecule has 65 heavy (non-hydrogen) atoms. The minimum Gasteiger partial charge on any atom is -0.462 e. The molecule has 0 amide bonds. The van der Waals surface area contributed by atoms with E-state index in [1.54, 1.807) is 0 Å². The number of carbonyl (C=O) groups is 3. The molecule has 0 rings (SSSR count). The van der Waals surface area contributed by atoms with Gasteiger partial charge in [-0.2, -0.15) is 0 Å². The van der Waals surface area contributed by atoms with Gasteiger partial charge in [-0.3, -0.25) is 14.4 Å². The van der Waals surface area contributed by atoms with E-state index in [9.17, 15) is 14.4 Å². The Labute approximate surface area is 401 Å². The number of hydrogen-bond donors (Lipinski definition) is 0. The minimum atomic E-state index is -0.791. The maximum atomic E-state index is 12.8. The van der Waals surface area contributed by atoms with Gasteiger partial charge < -0.3 is 14.2 Å². The Bertz CT molecular complexity index is 1270. The predicted octanol–water partition coefficient (Wildman–Crippen LogP) is 18.0. The summed E-state index contributed by atoms with van der Waals surface area (Å²) in [5.74, 6) is -0.928. The molecule has 372 valence electrons. The normalized spacial score (nSPS) is 12.7. The molecule has 0 saturated carbocycles. The fourth-order valence-electron chi connectivity index (χ4n) is 7.32. The maximum absolute atomic E-state index is 12.8. The number of allylic oxidation sites excluding steroid dienone is 14. The number of rotatable bonds is 48. The second-order valence-electron chi connectivity index (χ2n) is 17.8. The summed E-state index contributed by atoms with van der Waals surface area (Å²) in [5, 5.41) is 0. The van der Waals surface area contributed by atoms with Gasteiger partial charge in [0.2, 0.25) is 0 Å². The van der Waals surface area contributed by atoms with Crippen LogP contribution in [0, 0.1) is 0 Å². The molecule has 6 nitrogen and oxygen atoms in total. The summed E-state index contributed by atoms with van der Waals surface area (Å²) in [5.41, 5.74) is 0. The van der Waals surface area contributed by atoms with Gasteiger partial charge >= 0.3 is 17.9 Å². The second-order valence-corrected chi connectivity index (χ2v) is 17.8. The molecular formula is C59H100O6. The molecule has 0 radical (unpaired) electrons. The molecule has 0 heterocycles. The van der Waals surface area contributed by atoms with Crippen LogP contribution in [0.1, 0.15) is 252 Å². The Kier molecular flexibility index (Phi) is 50.4. The second kappa shape index (κ2) is 53.2. The topological polar surface area (TPSA) is 78.9 Å². The molecule has 0 aromatic heterocycles. The molecule has 0 spiro atoms. The van der Waals surface area contributed by atoms with Gasteiger partial charge in [-0.05, 0) is 96.3 Å². The molecule has 1 atom stereocenters. The van der Waals surface area contributed by atoms with Gasteiger partial charge in [0.25, 0.3) is 0 Å². The lowest BCUT2D eigenvalue weighted by Gasteiger charge is -2.18. The molecule has 0 unspecified atom stereocenters. The van der Waals surface area contributed by atoms with Crippen LogP contribution in [-0.2, 0) is 28.6 Å². The van der Waals surface area contributed by atoms with Crippen LogP contribution in [0.2, 0.25) is 0 Å². The van der Waals surface area contributed by atoms with E-state index in [2.05, 4.69) is 106 Å². The molecule has 0 aliphatic carbocycles. The quantitative estimate of drug-likeness (QED) is 0.0262. The van der Waals surface area contributed by atoms with Crippen LogP contribution in [0.4, 0.5) is 0 Å². The summed E-state index contributed by atoms with van der Waals surface area (Å²) < 4.78 is 16.8. The highest BCUT2D eigenvalue weighted by Gasteiger charge is 2.19. The minimum absolute atomic E-state index is 0.0902. The van der Waals surface area contributed by atoms with Crippen molar-refractivity contribution in [1.29, 1.82) is 0 Å². The van der Waals surface area contributed by atoms with Crippen LogP contribution in [0.15, 0.2) is 85.1 Å². The zero-order valence-electron chi connectivity index (χ0n) is 42.5. The first kappa shape index (κ1) is 61.6. The predicted molar refractivity (Wildman–Crippen MR) is 279 cm³/mol. The van der Waals surface area contributed by atoms with Crippen LogP contribution >= 0.6 is 0 Å². The molecule has 0 N–H and O–H groups in total. The summed E-state index contributed by atoms with van der Waals surface area (Å²) in [4.78, 5) is 38.0. The van der Waals surface area contributed by atoms with Gasteiger partial charge in [-0.1, -0.05) is 221 Å². The Morgan fingerprint density at radius 2 is 0.600 bits per heavy atom. The number of carbonyl (C=O) groups excluding carboxylic acids is 3. The van der Waals surface area contributed by atoms with Crippen molar-refractivity contribution < 1.29 is 28.6 Å². The summed E-state index contributed by atoms with van der Waals surface area (Å²) in [6, 6.07) is 0. The fourth-order valence-corrected chi connectivity index (χ4v) is 7.32. The molecule has 0 aromatic carbocycles. The van der Waals surface area contributed by atoms with Crippen LogP contribution in [0.25, 0.3) is 0 Å². The van der Waals surface area contributed by atoms with Crippen molar-refractivity contribution in [2.24, 2.45) is 0 Å². The average Bonchev–Trinajstić information content (AvgIpc) is 3.30. The van der Waals surface area contributed by atoms with Gasteiger partial charge in [0.15, 0.2) is 6.10 Å². The van der Waals surface area contributed by atoms with Crippen LogP contribution in [0.3, 0.4) is 0 Å². The number of unbranched alkanes of at least 4 members (excludes halogenated alkanes) is 23. The molecule has 0 fully saturated rings. The Balaban J connectivity index is 4.41. The molecule has 6 heteroatoms. The van der Waals surface area contributed by atoms with Crippen molar-refractivity contribution in [3.8, 4) is 0 Å². The summed E-state index contributed by atoms with van der Waals surface area (Å²) in [7, 11) is 0. The Hall–Kier alpha value is -3.41. The molecule has 0 saturated heterocycles. The van der Waals surface area contributed by atoms with Crippen molar-refractivity contribution in [2.75, 3.05) is 13.2 Å². The van der Waals surface area contributed by atoms with E-state index in [0.29, 0.717) is 19.3 Å². The highest BCUT2D eigenvalue weighted by molar-refractivity contribution is 5.71. The highest BCUT2D eigenvalue weighted by atomic mass is 16.6. The van der Waals surface area contributed by atoms with E-state index in [1.165, 1.54) is 103 Å². The van der Waals surface area contributed by atoms with E-state index in [-0.39, 0.29) is 31.1 Å². The lowest BCUT2D eigenvalue weighted by molar-refractivity contribution is -0.167. The zero-order valence-corrected chi connectivity index (χ0v) is 42.5. The van der Waals surface area contributed by atoms with Crippen molar-refractivity contribution >= 4 is 17.9 Å². The van der Waals surface area contributed by atoms with E-state index < -0.39 is 6.10 Å². The van der Waals surface area contributed by atoms with Crippen molar-refractivity contribution in [1.82, 2.24) is 0 Å². The molecule has 0 aliphatic heterocycles. The van der Waals surface area contributed by atoms with E-state index in [1.807, 2.05) is 0 Å². The van der Waals surface area contributed by atoms with Crippen LogP contribution in [0.5, 0.6) is 0 Å². The SMILES string of the molecule is CC/C=C\C/C=C\C/C=C\C/C=C\C/C=C\CCCCCC(=O)OC[C@H](COC(=O)CCCCCCCCC/C=C\C/C=C\CCCCC)OC(=O)CCCCCCCCCCCCC. The largest absolute Gasteiger partial charge is 0.462 e. The average molecular weight is 905 g/mol.